The molecule has 0 saturated heterocycles. The van der Waals surface area contributed by atoms with E-state index in [1.54, 1.807) is 7.11 Å². The number of hydrogen-bond donors (Lipinski definition) is 2. The Kier molecular flexibility index (Phi) is 4.40. The van der Waals surface area contributed by atoms with Crippen molar-refractivity contribution in [3.05, 3.63) is 29.8 Å². The second kappa shape index (κ2) is 6.03. The summed E-state index contributed by atoms with van der Waals surface area (Å²) in [7, 11) is 1.69. The molecule has 0 amide bonds. The molecule has 0 heterocycles. The van der Waals surface area contributed by atoms with Crippen LogP contribution in [0, 0.1) is 0 Å². The van der Waals surface area contributed by atoms with Crippen molar-refractivity contribution in [2.75, 3.05) is 7.11 Å². The van der Waals surface area contributed by atoms with Crippen LogP contribution in [0.2, 0.25) is 0 Å². The van der Waals surface area contributed by atoms with E-state index in [1.807, 2.05) is 18.2 Å². The van der Waals surface area contributed by atoms with Crippen molar-refractivity contribution < 1.29 is 9.84 Å². The Balaban J connectivity index is 1.92. The highest BCUT2D eigenvalue weighted by Crippen LogP contribution is 2.21. The molecule has 1 aliphatic carbocycles. The Hall–Kier alpha value is -1.06. The molecule has 1 aromatic carbocycles. The first-order chi connectivity index (χ1) is 8.31. The molecule has 94 valence electrons. The van der Waals surface area contributed by atoms with Crippen molar-refractivity contribution in [3.8, 4) is 5.75 Å². The lowest BCUT2D eigenvalue weighted by Crippen LogP contribution is -2.41. The molecule has 0 unspecified atom stereocenters. The highest BCUT2D eigenvalue weighted by Gasteiger charge is 2.22. The van der Waals surface area contributed by atoms with Gasteiger partial charge in [-0.2, -0.15) is 0 Å². The molecule has 3 nitrogen and oxygen atoms in total. The summed E-state index contributed by atoms with van der Waals surface area (Å²) in [6, 6.07) is 8.23. The van der Waals surface area contributed by atoms with Gasteiger partial charge in [-0.1, -0.05) is 31.0 Å². The topological polar surface area (TPSA) is 41.5 Å². The third kappa shape index (κ3) is 3.20. The third-order valence-corrected chi connectivity index (χ3v) is 3.48. The molecule has 0 aliphatic heterocycles. The number of nitrogens with one attached hydrogen (secondary N) is 1. The van der Waals surface area contributed by atoms with Crippen LogP contribution in [0.15, 0.2) is 24.3 Å². The van der Waals surface area contributed by atoms with Gasteiger partial charge in [-0.25, -0.2) is 0 Å². The smallest absolute Gasteiger partial charge is 0.123 e. The number of aliphatic hydroxyl groups excluding tert-OH is 1. The molecule has 17 heavy (non-hydrogen) atoms. The number of para-hydroxylation sites is 1. The number of benzene rings is 1. The van der Waals surface area contributed by atoms with E-state index in [4.69, 9.17) is 4.74 Å². The van der Waals surface area contributed by atoms with Gasteiger partial charge < -0.3 is 15.2 Å². The first kappa shape index (κ1) is 12.4. The third-order valence-electron chi connectivity index (χ3n) is 3.48. The van der Waals surface area contributed by atoms with E-state index in [0.717, 1.165) is 37.1 Å². The van der Waals surface area contributed by atoms with Gasteiger partial charge in [0.25, 0.3) is 0 Å². The van der Waals surface area contributed by atoms with Gasteiger partial charge in [0.15, 0.2) is 0 Å². The number of hydrogen-bond acceptors (Lipinski definition) is 3. The van der Waals surface area contributed by atoms with Crippen LogP contribution in [0.3, 0.4) is 0 Å². The van der Waals surface area contributed by atoms with Crippen LogP contribution in [0.5, 0.6) is 5.75 Å². The van der Waals surface area contributed by atoms with Crippen LogP contribution >= 0.6 is 0 Å². The molecular weight excluding hydrogens is 214 g/mol. The summed E-state index contributed by atoms with van der Waals surface area (Å²) in [5.74, 6) is 0.908. The van der Waals surface area contributed by atoms with E-state index in [2.05, 4.69) is 11.4 Å². The lowest BCUT2D eigenvalue weighted by molar-refractivity contribution is 0.0901. The fourth-order valence-electron chi connectivity index (χ4n) is 2.44. The first-order valence-corrected chi connectivity index (χ1v) is 6.34. The van der Waals surface area contributed by atoms with E-state index >= 15 is 0 Å². The number of methoxy groups -OCH3 is 1. The predicted molar refractivity (Wildman–Crippen MR) is 68.1 cm³/mol. The molecule has 0 aromatic heterocycles. The molecule has 1 fully saturated rings. The molecule has 2 N–H and O–H groups in total. The van der Waals surface area contributed by atoms with Crippen LogP contribution in [0.25, 0.3) is 0 Å². The second-order valence-electron chi connectivity index (χ2n) is 4.65. The molecule has 1 aliphatic rings. The van der Waals surface area contributed by atoms with Crippen molar-refractivity contribution >= 4 is 0 Å². The molecule has 3 heteroatoms. The summed E-state index contributed by atoms with van der Waals surface area (Å²) in [6.45, 7) is 0.756. The van der Waals surface area contributed by atoms with Gasteiger partial charge in [0.2, 0.25) is 0 Å². The maximum atomic E-state index is 9.88. The average Bonchev–Trinajstić information content (AvgIpc) is 2.38. The highest BCUT2D eigenvalue weighted by atomic mass is 16.5. The molecule has 2 atom stereocenters. The normalized spacial score (nSPS) is 24.6. The van der Waals surface area contributed by atoms with Crippen LogP contribution in [-0.2, 0) is 6.54 Å². The SMILES string of the molecule is COc1ccccc1CN[C@@H]1CCCC[C@H]1O. The minimum Gasteiger partial charge on any atom is -0.496 e. The van der Waals surface area contributed by atoms with Crippen molar-refractivity contribution in [2.45, 2.75) is 44.4 Å². The van der Waals surface area contributed by atoms with Crippen LogP contribution in [0.4, 0.5) is 0 Å². The van der Waals surface area contributed by atoms with Gasteiger partial charge in [0.05, 0.1) is 13.2 Å². The quantitative estimate of drug-likeness (QED) is 0.839. The number of rotatable bonds is 4. The van der Waals surface area contributed by atoms with Crippen LogP contribution < -0.4 is 10.1 Å². The molecule has 0 bridgehead atoms. The Morgan fingerprint density at radius 2 is 2.06 bits per heavy atom. The van der Waals surface area contributed by atoms with Crippen LogP contribution in [-0.4, -0.2) is 24.4 Å². The summed E-state index contributed by atoms with van der Waals surface area (Å²) >= 11 is 0. The minimum atomic E-state index is -0.196. The summed E-state index contributed by atoms with van der Waals surface area (Å²) < 4.78 is 5.31. The summed E-state index contributed by atoms with van der Waals surface area (Å²) in [4.78, 5) is 0. The summed E-state index contributed by atoms with van der Waals surface area (Å²) in [5.41, 5.74) is 1.15. The molecule has 1 aromatic rings. The minimum absolute atomic E-state index is 0.196. The number of aliphatic hydroxyl groups is 1. The lowest BCUT2D eigenvalue weighted by Gasteiger charge is -2.28. The molecular formula is C14H21NO2. The summed E-state index contributed by atoms with van der Waals surface area (Å²) in [6.07, 6.45) is 4.15. The Bertz CT molecular complexity index is 354. The van der Waals surface area contributed by atoms with Gasteiger partial charge in [0, 0.05) is 18.2 Å². The van der Waals surface area contributed by atoms with Crippen molar-refractivity contribution in [1.82, 2.24) is 5.32 Å². The molecule has 0 radical (unpaired) electrons. The van der Waals surface area contributed by atoms with Gasteiger partial charge in [-0.3, -0.25) is 0 Å². The lowest BCUT2D eigenvalue weighted by atomic mass is 9.92. The summed E-state index contributed by atoms with van der Waals surface area (Å²) in [5, 5.41) is 13.3. The Morgan fingerprint density at radius 1 is 1.29 bits per heavy atom. The van der Waals surface area contributed by atoms with E-state index in [-0.39, 0.29) is 12.1 Å². The van der Waals surface area contributed by atoms with Crippen molar-refractivity contribution in [2.24, 2.45) is 0 Å². The van der Waals surface area contributed by atoms with Gasteiger partial charge in [0.1, 0.15) is 5.75 Å². The Labute approximate surface area is 103 Å². The number of ether oxygens (including phenoxy) is 1. The van der Waals surface area contributed by atoms with E-state index in [1.165, 1.54) is 6.42 Å². The Morgan fingerprint density at radius 3 is 2.82 bits per heavy atom. The first-order valence-electron chi connectivity index (χ1n) is 6.34. The average molecular weight is 235 g/mol. The molecule has 0 spiro atoms. The molecule has 2 rings (SSSR count). The fraction of sp³-hybridized carbons (Fsp3) is 0.571. The van der Waals surface area contributed by atoms with Crippen molar-refractivity contribution in [1.29, 1.82) is 0 Å². The maximum absolute atomic E-state index is 9.88. The predicted octanol–water partition coefficient (Wildman–Crippen LogP) is 2.09. The van der Waals surface area contributed by atoms with E-state index < -0.39 is 0 Å². The monoisotopic (exact) mass is 235 g/mol. The zero-order valence-electron chi connectivity index (χ0n) is 10.4. The zero-order valence-corrected chi connectivity index (χ0v) is 10.4. The zero-order chi connectivity index (χ0) is 12.1. The standard InChI is InChI=1S/C14H21NO2/c1-17-14-9-5-2-6-11(14)10-15-12-7-3-4-8-13(12)16/h2,5-6,9,12-13,15-16H,3-4,7-8,10H2,1H3/t12-,13-/m1/s1. The molecule has 1 saturated carbocycles. The van der Waals surface area contributed by atoms with E-state index in [9.17, 15) is 5.11 Å². The second-order valence-corrected chi connectivity index (χ2v) is 4.65. The largest absolute Gasteiger partial charge is 0.496 e. The van der Waals surface area contributed by atoms with Crippen LogP contribution in [0.1, 0.15) is 31.2 Å². The van der Waals surface area contributed by atoms with Gasteiger partial charge in [-0.15, -0.1) is 0 Å². The highest BCUT2D eigenvalue weighted by molar-refractivity contribution is 5.33. The van der Waals surface area contributed by atoms with Gasteiger partial charge >= 0.3 is 0 Å². The maximum Gasteiger partial charge on any atom is 0.123 e. The van der Waals surface area contributed by atoms with E-state index in [0.29, 0.717) is 0 Å². The van der Waals surface area contributed by atoms with Crippen molar-refractivity contribution in [3.63, 3.8) is 0 Å². The fourth-order valence-corrected chi connectivity index (χ4v) is 2.44. The van der Waals surface area contributed by atoms with Gasteiger partial charge in [-0.05, 0) is 18.9 Å².